The number of halogens is 2. The Balaban J connectivity index is 1.52. The van der Waals surface area contributed by atoms with Crippen molar-refractivity contribution in [3.05, 3.63) is 63.3 Å². The minimum atomic E-state index is -2.55. The fraction of sp³-hybridized carbons (Fsp3) is 0.517. The number of aromatic nitrogens is 3. The molecule has 7 nitrogen and oxygen atoms in total. The fourth-order valence-electron chi connectivity index (χ4n) is 6.68. The van der Waals surface area contributed by atoms with Gasteiger partial charge < -0.3 is 14.8 Å². The highest BCUT2D eigenvalue weighted by molar-refractivity contribution is 5.88. The second kappa shape index (κ2) is 9.43. The average Bonchev–Trinajstić information content (AvgIpc) is 2.88. The molecule has 1 N–H and O–H groups in total. The van der Waals surface area contributed by atoms with Crippen LogP contribution in [0.3, 0.4) is 0 Å². The molecule has 6 rings (SSSR count). The van der Waals surface area contributed by atoms with Crippen molar-refractivity contribution >= 4 is 22.6 Å². The maximum Gasteiger partial charge on any atom is 0.264 e. The van der Waals surface area contributed by atoms with Crippen molar-refractivity contribution in [3.63, 3.8) is 0 Å². The number of benzene rings is 1. The molecule has 3 aromatic rings. The number of aryl methyl sites for hydroxylation is 1. The number of pyridine rings is 1. The number of carbonyl (C=O) groups is 1. The molecule has 2 bridgehead atoms. The molecule has 2 aromatic heterocycles. The molecular weight excluding hydrogens is 488 g/mol. The summed E-state index contributed by atoms with van der Waals surface area (Å²) in [5.74, 6) is 1.27. The zero-order chi connectivity index (χ0) is 27.4. The van der Waals surface area contributed by atoms with Crippen LogP contribution in [0, 0.1) is 19.3 Å². The maximum atomic E-state index is 13.5. The van der Waals surface area contributed by atoms with Crippen LogP contribution >= 0.6 is 0 Å². The summed E-state index contributed by atoms with van der Waals surface area (Å²) in [6, 6.07) is 6.21. The molecule has 1 amide bonds. The molecule has 3 fully saturated rings. The van der Waals surface area contributed by atoms with E-state index in [1.54, 1.807) is 30.9 Å². The first kappa shape index (κ1) is 26.3. The van der Waals surface area contributed by atoms with Crippen LogP contribution in [-0.4, -0.2) is 39.4 Å². The molecule has 0 aliphatic heterocycles. The van der Waals surface area contributed by atoms with E-state index in [-0.39, 0.29) is 34.0 Å². The minimum Gasteiger partial charge on any atom is -0.363 e. The summed E-state index contributed by atoms with van der Waals surface area (Å²) >= 11 is 0. The van der Waals surface area contributed by atoms with Crippen LogP contribution in [0.5, 0.6) is 0 Å². The van der Waals surface area contributed by atoms with E-state index < -0.39 is 6.43 Å². The Kier molecular flexibility index (Phi) is 6.52. The van der Waals surface area contributed by atoms with E-state index in [0.29, 0.717) is 28.1 Å². The van der Waals surface area contributed by atoms with Gasteiger partial charge >= 0.3 is 0 Å². The van der Waals surface area contributed by atoms with Crippen molar-refractivity contribution in [1.29, 1.82) is 0 Å². The molecule has 0 radical (unpaired) electrons. The monoisotopic (exact) mass is 523 g/mol. The molecule has 0 unspecified atom stereocenters. The van der Waals surface area contributed by atoms with Crippen molar-refractivity contribution in [3.8, 4) is 0 Å². The molecule has 0 saturated heterocycles. The normalized spacial score (nSPS) is 23.6. The number of nitrogens with zero attached hydrogens (tertiary/aromatic N) is 4. The summed E-state index contributed by atoms with van der Waals surface area (Å²) in [6.45, 7) is 5.40. The lowest BCUT2D eigenvalue weighted by molar-refractivity contribution is -0.148. The van der Waals surface area contributed by atoms with E-state index in [2.05, 4.69) is 15.3 Å². The third kappa shape index (κ3) is 4.25. The van der Waals surface area contributed by atoms with Crippen molar-refractivity contribution in [1.82, 2.24) is 19.4 Å². The first-order valence-corrected chi connectivity index (χ1v) is 13.2. The highest BCUT2D eigenvalue weighted by Gasteiger charge is 2.53. The molecule has 3 aliphatic rings. The van der Waals surface area contributed by atoms with Crippen molar-refractivity contribution in [2.45, 2.75) is 77.3 Å². The number of amides is 1. The second-order valence-corrected chi connectivity index (χ2v) is 11.3. The van der Waals surface area contributed by atoms with Crippen LogP contribution in [0.4, 0.5) is 14.6 Å². The Hall–Kier alpha value is -3.36. The third-order valence-corrected chi connectivity index (χ3v) is 8.89. The topological polar surface area (TPSA) is 80.1 Å². The van der Waals surface area contributed by atoms with Gasteiger partial charge in [-0.25, -0.2) is 18.7 Å². The summed E-state index contributed by atoms with van der Waals surface area (Å²) in [6.07, 6.45) is 3.91. The van der Waals surface area contributed by atoms with E-state index in [9.17, 15) is 18.4 Å². The predicted molar refractivity (Wildman–Crippen MR) is 144 cm³/mol. The SMILES string of the molecule is Cc1nc(N[C@@H](C)c2cccc(C(F)F)c2C)c2cn(C34CCC(C(=O)N(C)C)(CC3)CC4)c(=O)cc2n1. The van der Waals surface area contributed by atoms with E-state index in [1.165, 1.54) is 6.07 Å². The van der Waals surface area contributed by atoms with Crippen molar-refractivity contribution < 1.29 is 13.6 Å². The van der Waals surface area contributed by atoms with Gasteiger partial charge in [0.05, 0.1) is 16.9 Å². The Labute approximate surface area is 221 Å². The molecule has 0 spiro atoms. The highest BCUT2D eigenvalue weighted by Crippen LogP contribution is 2.56. The van der Waals surface area contributed by atoms with Crippen LogP contribution in [0.25, 0.3) is 10.9 Å². The van der Waals surface area contributed by atoms with Crippen LogP contribution in [0.2, 0.25) is 0 Å². The Morgan fingerprint density at radius 3 is 2.29 bits per heavy atom. The van der Waals surface area contributed by atoms with Crippen LogP contribution < -0.4 is 10.9 Å². The van der Waals surface area contributed by atoms with Gasteiger partial charge in [-0.15, -0.1) is 0 Å². The molecule has 1 atom stereocenters. The van der Waals surface area contributed by atoms with Crippen LogP contribution in [0.1, 0.15) is 80.4 Å². The predicted octanol–water partition coefficient (Wildman–Crippen LogP) is 5.66. The van der Waals surface area contributed by atoms with Crippen LogP contribution in [-0.2, 0) is 10.3 Å². The minimum absolute atomic E-state index is 0.0197. The highest BCUT2D eigenvalue weighted by atomic mass is 19.3. The molecule has 38 heavy (non-hydrogen) atoms. The molecule has 9 heteroatoms. The molecule has 3 aliphatic carbocycles. The van der Waals surface area contributed by atoms with Crippen LogP contribution in [0.15, 0.2) is 35.3 Å². The first-order valence-electron chi connectivity index (χ1n) is 13.2. The lowest BCUT2D eigenvalue weighted by atomic mass is 9.56. The molecule has 3 saturated carbocycles. The maximum absolute atomic E-state index is 13.5. The summed E-state index contributed by atoms with van der Waals surface area (Å²) < 4.78 is 28.9. The number of hydrogen-bond donors (Lipinski definition) is 1. The number of anilines is 1. The van der Waals surface area contributed by atoms with Gasteiger partial charge in [-0.3, -0.25) is 9.59 Å². The lowest BCUT2D eigenvalue weighted by Gasteiger charge is -2.53. The van der Waals surface area contributed by atoms with E-state index in [1.807, 2.05) is 37.8 Å². The Morgan fingerprint density at radius 1 is 1.05 bits per heavy atom. The summed E-state index contributed by atoms with van der Waals surface area (Å²) in [7, 11) is 3.62. The number of carbonyl (C=O) groups excluding carboxylic acids is 1. The molecule has 1 aromatic carbocycles. The van der Waals surface area contributed by atoms with Gasteiger partial charge in [0.1, 0.15) is 11.6 Å². The number of alkyl halides is 2. The van der Waals surface area contributed by atoms with Crippen molar-refractivity contribution in [2.24, 2.45) is 5.41 Å². The number of nitrogens with one attached hydrogen (secondary N) is 1. The molecule has 202 valence electrons. The fourth-order valence-corrected chi connectivity index (χ4v) is 6.68. The first-order chi connectivity index (χ1) is 18.0. The van der Waals surface area contributed by atoms with E-state index >= 15 is 0 Å². The van der Waals surface area contributed by atoms with Gasteiger partial charge in [0.15, 0.2) is 0 Å². The zero-order valence-electron chi connectivity index (χ0n) is 22.6. The van der Waals surface area contributed by atoms with Gasteiger partial charge in [0.2, 0.25) is 5.91 Å². The van der Waals surface area contributed by atoms with Gasteiger partial charge in [0, 0.05) is 42.9 Å². The lowest BCUT2D eigenvalue weighted by Crippen LogP contribution is -2.55. The second-order valence-electron chi connectivity index (χ2n) is 11.3. The third-order valence-electron chi connectivity index (χ3n) is 8.89. The van der Waals surface area contributed by atoms with Gasteiger partial charge in [0.25, 0.3) is 12.0 Å². The molecular formula is C29H35F2N5O2. The van der Waals surface area contributed by atoms with Gasteiger partial charge in [-0.05, 0) is 70.4 Å². The number of rotatable bonds is 6. The van der Waals surface area contributed by atoms with E-state index in [4.69, 9.17) is 0 Å². The zero-order valence-corrected chi connectivity index (χ0v) is 22.6. The number of hydrogen-bond acceptors (Lipinski definition) is 5. The smallest absolute Gasteiger partial charge is 0.264 e. The largest absolute Gasteiger partial charge is 0.363 e. The summed E-state index contributed by atoms with van der Waals surface area (Å²) in [5.41, 5.74) is 1.12. The summed E-state index contributed by atoms with van der Waals surface area (Å²) in [5, 5.41) is 4.12. The van der Waals surface area contributed by atoms with Gasteiger partial charge in [-0.2, -0.15) is 0 Å². The quantitative estimate of drug-likeness (QED) is 0.451. The standard InChI is InChI=1S/C29H35F2N5O2/c1-17-20(7-6-8-21(17)25(30)31)18(2)32-26-22-16-36(24(37)15-23(22)33-19(3)34-26)29-12-9-28(10-13-29,11-14-29)27(38)35(4)5/h6-8,15-16,18,25H,9-14H2,1-5H3,(H,32,33,34)/t18-,28?,29?/m0/s1. The van der Waals surface area contributed by atoms with Gasteiger partial charge in [-0.1, -0.05) is 18.2 Å². The Morgan fingerprint density at radius 2 is 1.68 bits per heavy atom. The average molecular weight is 524 g/mol. The Bertz CT molecular complexity index is 1440. The van der Waals surface area contributed by atoms with Crippen molar-refractivity contribution in [2.75, 3.05) is 19.4 Å². The summed E-state index contributed by atoms with van der Waals surface area (Å²) in [4.78, 5) is 37.2. The molecule has 2 heterocycles. The van der Waals surface area contributed by atoms with E-state index in [0.717, 1.165) is 44.1 Å². The number of fused-ring (bicyclic) bond motifs is 4.